The van der Waals surface area contributed by atoms with Gasteiger partial charge in [-0.2, -0.15) is 0 Å². The molecule has 3 aromatic rings. The highest BCUT2D eigenvalue weighted by molar-refractivity contribution is 9.10. The molecule has 0 spiro atoms. The topological polar surface area (TPSA) is 38.1 Å². The highest BCUT2D eigenvalue weighted by Crippen LogP contribution is 2.27. The minimum Gasteiger partial charge on any atom is -0.444 e. The number of aromatic nitrogens is 1. The van der Waals surface area contributed by atoms with Crippen LogP contribution in [0.5, 0.6) is 0 Å². The van der Waals surface area contributed by atoms with Crippen molar-refractivity contribution in [2.24, 2.45) is 0 Å². The SMILES string of the molecule is Cc1sc(CNc2ccc(-c3cnco3)cc2)cc1Br. The first-order chi connectivity index (χ1) is 9.72. The Hall–Kier alpha value is -1.59. The van der Waals surface area contributed by atoms with Crippen molar-refractivity contribution in [2.45, 2.75) is 13.5 Å². The quantitative estimate of drug-likeness (QED) is 0.713. The number of nitrogens with zero attached hydrogens (tertiary/aromatic N) is 1. The molecule has 3 nitrogen and oxygen atoms in total. The predicted octanol–water partition coefficient (Wildman–Crippen LogP) is 5.09. The van der Waals surface area contributed by atoms with Gasteiger partial charge in [0, 0.05) is 32.0 Å². The molecule has 0 bridgehead atoms. The average Bonchev–Trinajstić information content (AvgIpc) is 3.08. The maximum atomic E-state index is 5.27. The minimum atomic E-state index is 0.786. The molecule has 0 amide bonds. The second-order valence-electron chi connectivity index (χ2n) is 4.41. The summed E-state index contributed by atoms with van der Waals surface area (Å²) in [6.45, 7) is 2.95. The van der Waals surface area contributed by atoms with Crippen LogP contribution in [-0.2, 0) is 6.54 Å². The Morgan fingerprint density at radius 1 is 1.30 bits per heavy atom. The monoisotopic (exact) mass is 348 g/mol. The first-order valence-electron chi connectivity index (χ1n) is 6.20. The predicted molar refractivity (Wildman–Crippen MR) is 86.0 cm³/mol. The Morgan fingerprint density at radius 3 is 2.70 bits per heavy atom. The van der Waals surface area contributed by atoms with Gasteiger partial charge < -0.3 is 9.73 Å². The molecule has 0 atom stereocenters. The van der Waals surface area contributed by atoms with E-state index in [-0.39, 0.29) is 0 Å². The van der Waals surface area contributed by atoms with Crippen molar-refractivity contribution in [3.05, 3.63) is 57.1 Å². The van der Waals surface area contributed by atoms with E-state index in [4.69, 9.17) is 4.42 Å². The molecule has 1 aromatic carbocycles. The van der Waals surface area contributed by atoms with E-state index in [1.165, 1.54) is 20.6 Å². The zero-order valence-corrected chi connectivity index (χ0v) is 13.3. The van der Waals surface area contributed by atoms with Crippen LogP contribution in [0.15, 0.2) is 51.8 Å². The standard InChI is InChI=1S/C15H13BrN2OS/c1-10-14(16)6-13(20-10)7-18-12-4-2-11(3-5-12)15-8-17-9-19-15/h2-6,8-9,18H,7H2,1H3. The van der Waals surface area contributed by atoms with E-state index in [2.05, 4.69) is 39.2 Å². The molecule has 0 saturated carbocycles. The summed E-state index contributed by atoms with van der Waals surface area (Å²) < 4.78 is 6.45. The van der Waals surface area contributed by atoms with Gasteiger partial charge >= 0.3 is 0 Å². The number of nitrogens with one attached hydrogen (secondary N) is 1. The van der Waals surface area contributed by atoms with E-state index in [9.17, 15) is 0 Å². The van der Waals surface area contributed by atoms with Crippen molar-refractivity contribution in [3.8, 4) is 11.3 Å². The molecule has 0 radical (unpaired) electrons. The summed E-state index contributed by atoms with van der Waals surface area (Å²) in [6.07, 6.45) is 3.16. The normalized spacial score (nSPS) is 10.7. The molecule has 102 valence electrons. The van der Waals surface area contributed by atoms with E-state index in [0.29, 0.717) is 0 Å². The lowest BCUT2D eigenvalue weighted by Gasteiger charge is -2.05. The fourth-order valence-electron chi connectivity index (χ4n) is 1.90. The van der Waals surface area contributed by atoms with Gasteiger partial charge in [0.15, 0.2) is 12.2 Å². The molecule has 20 heavy (non-hydrogen) atoms. The largest absolute Gasteiger partial charge is 0.444 e. The van der Waals surface area contributed by atoms with Crippen LogP contribution in [0.3, 0.4) is 0 Å². The van der Waals surface area contributed by atoms with E-state index in [1.54, 1.807) is 17.5 Å². The summed E-state index contributed by atoms with van der Waals surface area (Å²) in [7, 11) is 0. The van der Waals surface area contributed by atoms with E-state index < -0.39 is 0 Å². The molecule has 0 unspecified atom stereocenters. The van der Waals surface area contributed by atoms with Crippen LogP contribution in [0.2, 0.25) is 0 Å². The second kappa shape index (κ2) is 5.81. The van der Waals surface area contributed by atoms with E-state index in [1.807, 2.05) is 24.3 Å². The molecule has 0 aliphatic carbocycles. The van der Waals surface area contributed by atoms with Gasteiger partial charge in [0.2, 0.25) is 0 Å². The third kappa shape index (κ3) is 2.94. The molecule has 2 heterocycles. The number of oxazole rings is 1. The van der Waals surface area contributed by atoms with Crippen LogP contribution in [0, 0.1) is 6.92 Å². The lowest BCUT2D eigenvalue weighted by molar-refractivity contribution is 0.572. The minimum absolute atomic E-state index is 0.786. The van der Waals surface area contributed by atoms with Crippen LogP contribution in [-0.4, -0.2) is 4.98 Å². The summed E-state index contributed by atoms with van der Waals surface area (Å²) in [5.74, 6) is 0.786. The van der Waals surface area contributed by atoms with Crippen molar-refractivity contribution in [3.63, 3.8) is 0 Å². The van der Waals surface area contributed by atoms with Crippen LogP contribution in [0.1, 0.15) is 9.75 Å². The van der Waals surface area contributed by atoms with Gasteiger partial charge in [0.1, 0.15) is 0 Å². The van der Waals surface area contributed by atoms with Crippen LogP contribution in [0.4, 0.5) is 5.69 Å². The number of thiophene rings is 1. The number of hydrogen-bond acceptors (Lipinski definition) is 4. The van der Waals surface area contributed by atoms with Gasteiger partial charge in [-0.3, -0.25) is 0 Å². The number of aryl methyl sites for hydroxylation is 1. The fourth-order valence-corrected chi connectivity index (χ4v) is 3.45. The third-order valence-electron chi connectivity index (χ3n) is 2.98. The average molecular weight is 349 g/mol. The number of rotatable bonds is 4. The van der Waals surface area contributed by atoms with Gasteiger partial charge in [0.05, 0.1) is 6.20 Å². The Labute approximate surface area is 129 Å². The van der Waals surface area contributed by atoms with Gasteiger partial charge in [-0.15, -0.1) is 11.3 Å². The van der Waals surface area contributed by atoms with Crippen LogP contribution < -0.4 is 5.32 Å². The molecule has 1 N–H and O–H groups in total. The summed E-state index contributed by atoms with van der Waals surface area (Å²) in [5, 5.41) is 3.42. The number of hydrogen-bond donors (Lipinski definition) is 1. The Bertz CT molecular complexity index is 670. The zero-order chi connectivity index (χ0) is 13.9. The summed E-state index contributed by atoms with van der Waals surface area (Å²) in [5.41, 5.74) is 2.12. The maximum absolute atomic E-state index is 5.27. The van der Waals surface area contributed by atoms with Crippen LogP contribution >= 0.6 is 27.3 Å². The molecule has 5 heteroatoms. The van der Waals surface area contributed by atoms with Gasteiger partial charge in [0.25, 0.3) is 0 Å². The number of anilines is 1. The van der Waals surface area contributed by atoms with Crippen molar-refractivity contribution < 1.29 is 4.42 Å². The lowest BCUT2D eigenvalue weighted by Crippen LogP contribution is -1.96. The molecule has 0 aliphatic rings. The Morgan fingerprint density at radius 2 is 2.10 bits per heavy atom. The maximum Gasteiger partial charge on any atom is 0.181 e. The molecule has 2 aromatic heterocycles. The molecule has 0 saturated heterocycles. The lowest BCUT2D eigenvalue weighted by atomic mass is 10.2. The highest BCUT2D eigenvalue weighted by atomic mass is 79.9. The van der Waals surface area contributed by atoms with E-state index in [0.717, 1.165) is 23.6 Å². The third-order valence-corrected chi connectivity index (χ3v) is 5.11. The Kier molecular flexibility index (Phi) is 3.89. The number of halogens is 1. The summed E-state index contributed by atoms with van der Waals surface area (Å²) in [6, 6.07) is 10.3. The molecule has 0 fully saturated rings. The fraction of sp³-hybridized carbons (Fsp3) is 0.133. The molecular weight excluding hydrogens is 336 g/mol. The number of benzene rings is 1. The van der Waals surface area contributed by atoms with Crippen molar-refractivity contribution in [1.82, 2.24) is 4.98 Å². The first-order valence-corrected chi connectivity index (χ1v) is 7.81. The van der Waals surface area contributed by atoms with Gasteiger partial charge in [-0.25, -0.2) is 4.98 Å². The Balaban J connectivity index is 1.66. The highest BCUT2D eigenvalue weighted by Gasteiger charge is 2.04. The van der Waals surface area contributed by atoms with Crippen molar-refractivity contribution >= 4 is 33.0 Å². The smallest absolute Gasteiger partial charge is 0.181 e. The molecule has 3 rings (SSSR count). The summed E-state index contributed by atoms with van der Waals surface area (Å²) >= 11 is 5.34. The first kappa shape index (κ1) is 13.4. The van der Waals surface area contributed by atoms with Gasteiger partial charge in [-0.1, -0.05) is 0 Å². The zero-order valence-electron chi connectivity index (χ0n) is 10.9. The van der Waals surface area contributed by atoms with E-state index >= 15 is 0 Å². The second-order valence-corrected chi connectivity index (χ2v) is 6.61. The molecular formula is C15H13BrN2OS. The van der Waals surface area contributed by atoms with Crippen molar-refractivity contribution in [1.29, 1.82) is 0 Å². The summed E-state index contributed by atoms with van der Waals surface area (Å²) in [4.78, 5) is 6.54. The van der Waals surface area contributed by atoms with Gasteiger partial charge in [-0.05, 0) is 53.2 Å². The van der Waals surface area contributed by atoms with Crippen LogP contribution in [0.25, 0.3) is 11.3 Å². The van der Waals surface area contributed by atoms with Crippen molar-refractivity contribution in [2.75, 3.05) is 5.32 Å². The molecule has 0 aliphatic heterocycles.